The lowest BCUT2D eigenvalue weighted by molar-refractivity contribution is 0.129. The largest absolute Gasteiger partial charge is 0.317 e. The van der Waals surface area contributed by atoms with Crippen molar-refractivity contribution in [3.63, 3.8) is 0 Å². The van der Waals surface area contributed by atoms with Gasteiger partial charge in [-0.2, -0.15) is 0 Å². The quantitative estimate of drug-likeness (QED) is 0.728. The van der Waals surface area contributed by atoms with Crippen LogP contribution in [0.1, 0.15) is 52.9 Å². The van der Waals surface area contributed by atoms with E-state index in [1.165, 1.54) is 32.1 Å². The van der Waals surface area contributed by atoms with E-state index in [-0.39, 0.29) is 0 Å². The maximum absolute atomic E-state index is 3.53. The van der Waals surface area contributed by atoms with Crippen LogP contribution in [0.4, 0.5) is 0 Å². The third kappa shape index (κ3) is 2.73. The highest BCUT2D eigenvalue weighted by molar-refractivity contribution is 4.86. The van der Waals surface area contributed by atoms with Gasteiger partial charge < -0.3 is 5.32 Å². The predicted octanol–water partition coefficient (Wildman–Crippen LogP) is 3.45. The first-order valence-corrected chi connectivity index (χ1v) is 6.38. The molecule has 0 aliphatic heterocycles. The van der Waals surface area contributed by atoms with Gasteiger partial charge in [-0.05, 0) is 31.2 Å². The van der Waals surface area contributed by atoms with Crippen LogP contribution < -0.4 is 5.32 Å². The molecule has 1 nitrogen and oxygen atoms in total. The van der Waals surface area contributed by atoms with Gasteiger partial charge >= 0.3 is 0 Å². The Labute approximate surface area is 89.7 Å². The van der Waals surface area contributed by atoms with Gasteiger partial charge in [0.2, 0.25) is 0 Å². The lowest BCUT2D eigenvalue weighted by atomic mass is 9.69. The highest BCUT2D eigenvalue weighted by atomic mass is 14.9. The molecule has 1 heteroatoms. The third-order valence-electron chi connectivity index (χ3n) is 4.07. The maximum atomic E-state index is 3.53. The topological polar surface area (TPSA) is 12.0 Å². The second kappa shape index (κ2) is 5.75. The molecule has 0 heterocycles. The maximum Gasteiger partial charge on any atom is 0.00973 e. The molecule has 1 aliphatic rings. The zero-order valence-electron chi connectivity index (χ0n) is 10.3. The molecule has 84 valence electrons. The van der Waals surface area contributed by atoms with Crippen molar-refractivity contribution in [3.05, 3.63) is 0 Å². The number of hydrogen-bond acceptors (Lipinski definition) is 1. The molecule has 0 amide bonds. The molecule has 0 saturated heterocycles. The van der Waals surface area contributed by atoms with Crippen LogP contribution in [0.15, 0.2) is 0 Å². The van der Waals surface area contributed by atoms with Crippen LogP contribution in [0.3, 0.4) is 0 Å². The van der Waals surface area contributed by atoms with Gasteiger partial charge in [-0.1, -0.05) is 46.5 Å². The van der Waals surface area contributed by atoms with Crippen LogP contribution >= 0.6 is 0 Å². The molecule has 0 spiro atoms. The summed E-state index contributed by atoms with van der Waals surface area (Å²) >= 11 is 0. The Hall–Kier alpha value is -0.0400. The first-order valence-electron chi connectivity index (χ1n) is 6.38. The van der Waals surface area contributed by atoms with Crippen molar-refractivity contribution in [2.45, 2.75) is 58.9 Å². The lowest BCUT2D eigenvalue weighted by Crippen LogP contribution is -2.42. The van der Waals surface area contributed by atoms with Gasteiger partial charge in [0.25, 0.3) is 0 Å². The standard InChI is InChI=1S/C13H27N/c1-5-7-12(14-4)13-10(2)8-6-9-11(13)3/h10-14H,5-9H2,1-4H3. The normalized spacial score (nSPS) is 35.6. The summed E-state index contributed by atoms with van der Waals surface area (Å²) in [5, 5.41) is 3.53. The molecular weight excluding hydrogens is 170 g/mol. The highest BCUT2D eigenvalue weighted by Crippen LogP contribution is 2.37. The van der Waals surface area contributed by atoms with Crippen LogP contribution in [-0.4, -0.2) is 13.1 Å². The lowest BCUT2D eigenvalue weighted by Gasteiger charge is -2.40. The number of hydrogen-bond donors (Lipinski definition) is 1. The smallest absolute Gasteiger partial charge is 0.00973 e. The van der Waals surface area contributed by atoms with Gasteiger partial charge in [0.05, 0.1) is 0 Å². The van der Waals surface area contributed by atoms with E-state index in [4.69, 9.17) is 0 Å². The second-order valence-electron chi connectivity index (χ2n) is 5.15. The Balaban J connectivity index is 2.59. The van der Waals surface area contributed by atoms with E-state index in [1.807, 2.05) is 0 Å². The van der Waals surface area contributed by atoms with Crippen molar-refractivity contribution in [3.8, 4) is 0 Å². The molecule has 1 N–H and O–H groups in total. The highest BCUT2D eigenvalue weighted by Gasteiger charge is 2.32. The first-order chi connectivity index (χ1) is 6.70. The molecule has 1 aliphatic carbocycles. The molecule has 1 fully saturated rings. The first kappa shape index (κ1) is 12.0. The SMILES string of the molecule is CCCC(NC)C1C(C)CCCC1C. The van der Waals surface area contributed by atoms with E-state index in [1.54, 1.807) is 0 Å². The molecule has 0 aromatic heterocycles. The molecule has 3 atom stereocenters. The molecule has 0 aromatic rings. The van der Waals surface area contributed by atoms with Crippen LogP contribution in [-0.2, 0) is 0 Å². The fourth-order valence-corrected chi connectivity index (χ4v) is 3.34. The van der Waals surface area contributed by atoms with Gasteiger partial charge in [-0.3, -0.25) is 0 Å². The molecule has 3 unspecified atom stereocenters. The van der Waals surface area contributed by atoms with Gasteiger partial charge in [0.15, 0.2) is 0 Å². The van der Waals surface area contributed by atoms with Crippen molar-refractivity contribution >= 4 is 0 Å². The summed E-state index contributed by atoms with van der Waals surface area (Å²) < 4.78 is 0. The van der Waals surface area contributed by atoms with Crippen LogP contribution in [0.25, 0.3) is 0 Å². The molecule has 0 bridgehead atoms. The molecule has 1 rings (SSSR count). The summed E-state index contributed by atoms with van der Waals surface area (Å²) in [6.07, 6.45) is 6.98. The van der Waals surface area contributed by atoms with E-state index in [0.717, 1.165) is 23.8 Å². The van der Waals surface area contributed by atoms with Crippen molar-refractivity contribution in [2.75, 3.05) is 7.05 Å². The minimum Gasteiger partial charge on any atom is -0.317 e. The summed E-state index contributed by atoms with van der Waals surface area (Å²) in [7, 11) is 2.13. The van der Waals surface area contributed by atoms with Crippen LogP contribution in [0.5, 0.6) is 0 Å². The molecule has 14 heavy (non-hydrogen) atoms. The number of nitrogens with one attached hydrogen (secondary N) is 1. The fourth-order valence-electron chi connectivity index (χ4n) is 3.34. The minimum atomic E-state index is 0.755. The Morgan fingerprint density at radius 2 is 1.79 bits per heavy atom. The van der Waals surface area contributed by atoms with Crippen LogP contribution in [0.2, 0.25) is 0 Å². The molecular formula is C13H27N. The molecule has 0 radical (unpaired) electrons. The zero-order valence-corrected chi connectivity index (χ0v) is 10.3. The summed E-state index contributed by atoms with van der Waals surface area (Å²) in [6, 6.07) is 0.755. The van der Waals surface area contributed by atoms with E-state index >= 15 is 0 Å². The Morgan fingerprint density at radius 3 is 2.21 bits per heavy atom. The van der Waals surface area contributed by atoms with Gasteiger partial charge in [0, 0.05) is 6.04 Å². The Kier molecular flexibility index (Phi) is 4.94. The van der Waals surface area contributed by atoms with Crippen molar-refractivity contribution in [2.24, 2.45) is 17.8 Å². The van der Waals surface area contributed by atoms with E-state index in [2.05, 4.69) is 33.1 Å². The van der Waals surface area contributed by atoms with Crippen molar-refractivity contribution < 1.29 is 0 Å². The van der Waals surface area contributed by atoms with Crippen molar-refractivity contribution in [1.82, 2.24) is 5.32 Å². The Morgan fingerprint density at radius 1 is 1.21 bits per heavy atom. The molecule has 1 saturated carbocycles. The summed E-state index contributed by atoms with van der Waals surface area (Å²) in [6.45, 7) is 7.18. The summed E-state index contributed by atoms with van der Waals surface area (Å²) in [5.74, 6) is 2.75. The fraction of sp³-hybridized carbons (Fsp3) is 1.00. The third-order valence-corrected chi connectivity index (χ3v) is 4.07. The van der Waals surface area contributed by atoms with Crippen molar-refractivity contribution in [1.29, 1.82) is 0 Å². The zero-order chi connectivity index (χ0) is 10.6. The van der Waals surface area contributed by atoms with Crippen LogP contribution in [0, 0.1) is 17.8 Å². The second-order valence-corrected chi connectivity index (χ2v) is 5.15. The summed E-state index contributed by atoms with van der Waals surface area (Å²) in [5.41, 5.74) is 0. The average molecular weight is 197 g/mol. The van der Waals surface area contributed by atoms with Gasteiger partial charge in [-0.25, -0.2) is 0 Å². The molecule has 0 aromatic carbocycles. The predicted molar refractivity (Wildman–Crippen MR) is 63.4 cm³/mol. The monoisotopic (exact) mass is 197 g/mol. The minimum absolute atomic E-state index is 0.755. The number of rotatable bonds is 4. The Bertz CT molecular complexity index is 145. The van der Waals surface area contributed by atoms with Gasteiger partial charge in [-0.15, -0.1) is 0 Å². The van der Waals surface area contributed by atoms with E-state index < -0.39 is 0 Å². The van der Waals surface area contributed by atoms with E-state index in [0.29, 0.717) is 0 Å². The van der Waals surface area contributed by atoms with Gasteiger partial charge in [0.1, 0.15) is 0 Å². The average Bonchev–Trinajstić information content (AvgIpc) is 2.16. The summed E-state index contributed by atoms with van der Waals surface area (Å²) in [4.78, 5) is 0. The van der Waals surface area contributed by atoms with E-state index in [9.17, 15) is 0 Å².